The van der Waals surface area contributed by atoms with E-state index in [1.165, 1.54) is 3.58 Å². The van der Waals surface area contributed by atoms with E-state index in [0.29, 0.717) is 0 Å². The predicted octanol–water partition coefficient (Wildman–Crippen LogP) is 2.97. The summed E-state index contributed by atoms with van der Waals surface area (Å²) in [5.74, 6) is 0.175. The van der Waals surface area contributed by atoms with Crippen LogP contribution in [0.15, 0.2) is 9.66 Å². The van der Waals surface area contributed by atoms with E-state index in [-0.39, 0.29) is 11.3 Å². The summed E-state index contributed by atoms with van der Waals surface area (Å²) in [6.45, 7) is 8.17. The van der Waals surface area contributed by atoms with Crippen molar-refractivity contribution in [1.82, 2.24) is 4.90 Å². The zero-order valence-electron chi connectivity index (χ0n) is 9.14. The minimum Gasteiger partial charge on any atom is -0.339 e. The van der Waals surface area contributed by atoms with Crippen LogP contribution in [0.5, 0.6) is 0 Å². The first-order valence-electron chi connectivity index (χ1n) is 5.26. The Hall–Kier alpha value is -0.0600. The Bertz CT molecular complexity index is 256. The fraction of sp³-hybridized carbons (Fsp3) is 0.727. The van der Waals surface area contributed by atoms with Crippen molar-refractivity contribution in [3.63, 3.8) is 0 Å². The molecular formula is C11H18INO. The van der Waals surface area contributed by atoms with Crippen molar-refractivity contribution in [2.75, 3.05) is 13.1 Å². The van der Waals surface area contributed by atoms with Crippen LogP contribution in [-0.4, -0.2) is 23.9 Å². The molecule has 0 saturated heterocycles. The van der Waals surface area contributed by atoms with Gasteiger partial charge in [-0.15, -0.1) is 0 Å². The summed E-state index contributed by atoms with van der Waals surface area (Å²) in [5, 5.41) is 0. The highest BCUT2D eigenvalue weighted by atomic mass is 127. The molecule has 1 aliphatic rings. The van der Waals surface area contributed by atoms with Gasteiger partial charge in [0.25, 0.3) is 0 Å². The summed E-state index contributed by atoms with van der Waals surface area (Å²) in [4.78, 5) is 13.5. The highest BCUT2D eigenvalue weighted by Crippen LogP contribution is 2.42. The van der Waals surface area contributed by atoms with Crippen molar-refractivity contribution in [2.24, 2.45) is 5.41 Å². The van der Waals surface area contributed by atoms with E-state index >= 15 is 0 Å². The fourth-order valence-corrected chi connectivity index (χ4v) is 3.15. The molecule has 0 saturated carbocycles. The minimum atomic E-state index is 0.175. The smallest absolute Gasteiger partial charge is 0.247 e. The number of amides is 1. The third-order valence-corrected chi connectivity index (χ3v) is 4.75. The van der Waals surface area contributed by atoms with Crippen LogP contribution in [0.25, 0.3) is 0 Å². The van der Waals surface area contributed by atoms with E-state index < -0.39 is 0 Å². The number of hydrogen-bond donors (Lipinski definition) is 0. The van der Waals surface area contributed by atoms with Crippen LogP contribution in [0.2, 0.25) is 0 Å². The predicted molar refractivity (Wildman–Crippen MR) is 67.4 cm³/mol. The third-order valence-electron chi connectivity index (χ3n) is 3.30. The molecule has 0 spiro atoms. The van der Waals surface area contributed by atoms with Crippen LogP contribution in [0, 0.1) is 5.41 Å². The number of nitrogens with zero attached hydrogens (tertiary/aromatic N) is 1. The summed E-state index contributed by atoms with van der Waals surface area (Å²) in [6.07, 6.45) is 4.03. The van der Waals surface area contributed by atoms with E-state index in [1.54, 1.807) is 6.08 Å². The molecule has 1 rings (SSSR count). The lowest BCUT2D eigenvalue weighted by Gasteiger charge is -2.40. The molecule has 0 bridgehead atoms. The van der Waals surface area contributed by atoms with Crippen LogP contribution in [0.4, 0.5) is 0 Å². The molecule has 14 heavy (non-hydrogen) atoms. The minimum absolute atomic E-state index is 0.175. The highest BCUT2D eigenvalue weighted by Gasteiger charge is 2.36. The van der Waals surface area contributed by atoms with Gasteiger partial charge >= 0.3 is 0 Å². The van der Waals surface area contributed by atoms with Crippen molar-refractivity contribution < 1.29 is 4.79 Å². The average molecular weight is 307 g/mol. The van der Waals surface area contributed by atoms with Gasteiger partial charge in [-0.1, -0.05) is 13.8 Å². The summed E-state index contributed by atoms with van der Waals surface area (Å²) in [5.41, 5.74) is 0.227. The van der Waals surface area contributed by atoms with E-state index in [4.69, 9.17) is 0 Å². The summed E-state index contributed by atoms with van der Waals surface area (Å²) >= 11 is 2.33. The van der Waals surface area contributed by atoms with Crippen LogP contribution in [0.3, 0.4) is 0 Å². The monoisotopic (exact) mass is 307 g/mol. The zero-order chi connectivity index (χ0) is 10.8. The first-order chi connectivity index (χ1) is 6.59. The Balaban J connectivity index is 2.99. The molecule has 1 heterocycles. The van der Waals surface area contributed by atoms with Gasteiger partial charge in [-0.25, -0.2) is 0 Å². The molecule has 0 aromatic carbocycles. The van der Waals surface area contributed by atoms with E-state index in [0.717, 1.165) is 25.9 Å². The second-order valence-electron chi connectivity index (χ2n) is 3.83. The maximum Gasteiger partial charge on any atom is 0.247 e. The van der Waals surface area contributed by atoms with E-state index in [9.17, 15) is 4.79 Å². The molecule has 1 aliphatic heterocycles. The molecule has 0 N–H and O–H groups in total. The maximum absolute atomic E-state index is 11.6. The van der Waals surface area contributed by atoms with Crippen LogP contribution >= 0.6 is 22.6 Å². The van der Waals surface area contributed by atoms with Crippen molar-refractivity contribution >= 4 is 28.5 Å². The zero-order valence-corrected chi connectivity index (χ0v) is 11.3. The second kappa shape index (κ2) is 4.64. The van der Waals surface area contributed by atoms with Gasteiger partial charge in [0.05, 0.1) is 0 Å². The third kappa shape index (κ3) is 1.97. The highest BCUT2D eigenvalue weighted by molar-refractivity contribution is 14.1. The Kier molecular flexibility index (Phi) is 3.98. The largest absolute Gasteiger partial charge is 0.339 e. The summed E-state index contributed by atoms with van der Waals surface area (Å²) in [7, 11) is 0. The number of halogens is 1. The van der Waals surface area contributed by atoms with Gasteiger partial charge in [0, 0.05) is 28.2 Å². The van der Waals surface area contributed by atoms with Gasteiger partial charge in [0.15, 0.2) is 0 Å². The Morgan fingerprint density at radius 3 is 2.43 bits per heavy atom. The number of likely N-dealkylation sites (N-methyl/N-ethyl adjacent to an activating group) is 1. The van der Waals surface area contributed by atoms with Crippen LogP contribution in [-0.2, 0) is 4.79 Å². The Morgan fingerprint density at radius 1 is 1.43 bits per heavy atom. The molecule has 0 aromatic rings. The molecule has 0 fully saturated rings. The SMILES string of the molecule is CCN1CC(CC)(CC)C(I)=CC1=O. The lowest BCUT2D eigenvalue weighted by molar-refractivity contribution is -0.128. The van der Waals surface area contributed by atoms with Gasteiger partial charge < -0.3 is 4.90 Å². The molecule has 0 aromatic heterocycles. The van der Waals surface area contributed by atoms with Gasteiger partial charge in [-0.2, -0.15) is 0 Å². The number of carbonyl (C=O) groups excluding carboxylic acids is 1. The number of rotatable bonds is 3. The molecule has 0 radical (unpaired) electrons. The quantitative estimate of drug-likeness (QED) is 0.734. The number of hydrogen-bond acceptors (Lipinski definition) is 1. The first-order valence-corrected chi connectivity index (χ1v) is 6.34. The summed E-state index contributed by atoms with van der Waals surface area (Å²) in [6, 6.07) is 0. The molecule has 1 amide bonds. The summed E-state index contributed by atoms with van der Waals surface area (Å²) < 4.78 is 1.23. The topological polar surface area (TPSA) is 20.3 Å². The molecule has 0 aliphatic carbocycles. The van der Waals surface area contributed by atoms with Crippen molar-refractivity contribution in [2.45, 2.75) is 33.6 Å². The lowest BCUT2D eigenvalue weighted by Crippen LogP contribution is -2.44. The van der Waals surface area contributed by atoms with Crippen molar-refractivity contribution in [3.05, 3.63) is 9.66 Å². The average Bonchev–Trinajstić information content (AvgIpc) is 2.19. The lowest BCUT2D eigenvalue weighted by atomic mass is 9.79. The van der Waals surface area contributed by atoms with Gasteiger partial charge in [-0.3, -0.25) is 4.79 Å². The number of carbonyl (C=O) groups is 1. The van der Waals surface area contributed by atoms with Crippen LogP contribution in [0.1, 0.15) is 33.6 Å². The van der Waals surface area contributed by atoms with Gasteiger partial charge in [0.1, 0.15) is 0 Å². The molecule has 0 atom stereocenters. The fourth-order valence-electron chi connectivity index (χ4n) is 1.95. The first kappa shape index (κ1) is 12.0. The Labute approximate surface area is 99.9 Å². The van der Waals surface area contributed by atoms with Crippen molar-refractivity contribution in [1.29, 1.82) is 0 Å². The molecular weight excluding hydrogens is 289 g/mol. The maximum atomic E-state index is 11.6. The molecule has 3 heteroatoms. The second-order valence-corrected chi connectivity index (χ2v) is 4.99. The van der Waals surface area contributed by atoms with Gasteiger partial charge in [0.2, 0.25) is 5.91 Å². The van der Waals surface area contributed by atoms with E-state index in [2.05, 4.69) is 36.4 Å². The van der Waals surface area contributed by atoms with E-state index in [1.807, 2.05) is 11.8 Å². The molecule has 0 unspecified atom stereocenters. The van der Waals surface area contributed by atoms with Crippen LogP contribution < -0.4 is 0 Å². The molecule has 2 nitrogen and oxygen atoms in total. The normalized spacial score (nSPS) is 21.0. The molecule has 80 valence electrons. The standard InChI is InChI=1S/C11H18INO/c1-4-11(5-2)8-13(6-3)10(14)7-9(11)12/h7H,4-6,8H2,1-3H3. The van der Waals surface area contributed by atoms with Gasteiger partial charge in [-0.05, 0) is 42.4 Å². The Morgan fingerprint density at radius 2 is 2.00 bits per heavy atom. The van der Waals surface area contributed by atoms with Crippen molar-refractivity contribution in [3.8, 4) is 0 Å².